The summed E-state index contributed by atoms with van der Waals surface area (Å²) < 4.78 is 10.8. The topological polar surface area (TPSA) is 52.6 Å². The van der Waals surface area contributed by atoms with Crippen LogP contribution in [0.25, 0.3) is 0 Å². The molecule has 1 atom stereocenters. The van der Waals surface area contributed by atoms with Gasteiger partial charge in [-0.1, -0.05) is 42.5 Å². The summed E-state index contributed by atoms with van der Waals surface area (Å²) in [6.07, 6.45) is -1.07. The van der Waals surface area contributed by atoms with Gasteiger partial charge in [0.1, 0.15) is 0 Å². The van der Waals surface area contributed by atoms with Crippen molar-refractivity contribution in [1.82, 2.24) is 0 Å². The molecule has 0 amide bonds. The van der Waals surface area contributed by atoms with Gasteiger partial charge in [-0.2, -0.15) is 0 Å². The lowest BCUT2D eigenvalue weighted by atomic mass is 10.1. The summed E-state index contributed by atoms with van der Waals surface area (Å²) in [4.78, 5) is 24.1. The summed E-state index contributed by atoms with van der Waals surface area (Å²) in [5.41, 5.74) is 0.992. The molecule has 0 aliphatic carbocycles. The average Bonchev–Trinajstić information content (AvgIpc) is 2.53. The van der Waals surface area contributed by atoms with Crippen LogP contribution in [0, 0.1) is 3.57 Å². The van der Waals surface area contributed by atoms with Gasteiger partial charge in [-0.3, -0.25) is 0 Å². The van der Waals surface area contributed by atoms with Gasteiger partial charge in [0.15, 0.2) is 0 Å². The number of ether oxygens (including phenoxy) is 2. The molecule has 1 unspecified atom stereocenters. The standard InChI is InChI=1S/C16H13IO4/c1-20-16(19)14(11-7-3-2-4-8-11)21-15(18)12-9-5-6-10-13(12)17/h2-10,14H,1H3. The van der Waals surface area contributed by atoms with Gasteiger partial charge in [-0.05, 0) is 34.7 Å². The maximum absolute atomic E-state index is 12.2. The first-order valence-electron chi connectivity index (χ1n) is 6.21. The number of halogens is 1. The molecule has 4 nitrogen and oxygen atoms in total. The molecule has 0 aliphatic heterocycles. The van der Waals surface area contributed by atoms with Crippen LogP contribution in [-0.2, 0) is 14.3 Å². The lowest BCUT2D eigenvalue weighted by Crippen LogP contribution is -2.21. The maximum atomic E-state index is 12.2. The highest BCUT2D eigenvalue weighted by molar-refractivity contribution is 14.1. The molecule has 0 saturated carbocycles. The summed E-state index contributed by atoms with van der Waals surface area (Å²) in [6, 6.07) is 15.8. The zero-order chi connectivity index (χ0) is 15.2. The molecule has 2 aromatic carbocycles. The van der Waals surface area contributed by atoms with Crippen molar-refractivity contribution in [3.05, 3.63) is 69.3 Å². The number of benzene rings is 2. The summed E-state index contributed by atoms with van der Waals surface area (Å²) >= 11 is 2.05. The van der Waals surface area contributed by atoms with Crippen molar-refractivity contribution in [2.45, 2.75) is 6.10 Å². The first-order valence-corrected chi connectivity index (χ1v) is 7.29. The highest BCUT2D eigenvalue weighted by Crippen LogP contribution is 2.22. The Bertz CT molecular complexity index is 640. The highest BCUT2D eigenvalue weighted by atomic mass is 127. The molecule has 0 bridgehead atoms. The van der Waals surface area contributed by atoms with Gasteiger partial charge < -0.3 is 9.47 Å². The molecule has 0 radical (unpaired) electrons. The number of carbonyl (C=O) groups excluding carboxylic acids is 2. The van der Waals surface area contributed by atoms with Gasteiger partial charge >= 0.3 is 11.9 Å². The second-order valence-electron chi connectivity index (χ2n) is 4.20. The second-order valence-corrected chi connectivity index (χ2v) is 5.36. The second kappa shape index (κ2) is 7.21. The minimum absolute atomic E-state index is 0.419. The fourth-order valence-corrected chi connectivity index (χ4v) is 2.39. The summed E-state index contributed by atoms with van der Waals surface area (Å²) in [5, 5.41) is 0. The highest BCUT2D eigenvalue weighted by Gasteiger charge is 2.26. The van der Waals surface area contributed by atoms with Crippen LogP contribution in [0.2, 0.25) is 0 Å². The Kier molecular flexibility index (Phi) is 5.32. The van der Waals surface area contributed by atoms with Crippen molar-refractivity contribution in [3.8, 4) is 0 Å². The SMILES string of the molecule is COC(=O)C(OC(=O)c1ccccc1I)c1ccccc1. The van der Waals surface area contributed by atoms with Crippen molar-refractivity contribution in [2.24, 2.45) is 0 Å². The Morgan fingerprint density at radius 3 is 2.24 bits per heavy atom. The summed E-state index contributed by atoms with van der Waals surface area (Å²) in [5.74, 6) is -1.17. The number of hydrogen-bond acceptors (Lipinski definition) is 4. The van der Waals surface area contributed by atoms with Crippen LogP contribution in [0.15, 0.2) is 54.6 Å². The fraction of sp³-hybridized carbons (Fsp3) is 0.125. The Balaban J connectivity index is 2.26. The zero-order valence-corrected chi connectivity index (χ0v) is 13.4. The third kappa shape index (κ3) is 3.81. The van der Waals surface area contributed by atoms with E-state index in [0.29, 0.717) is 11.1 Å². The minimum Gasteiger partial charge on any atom is -0.466 e. The first-order chi connectivity index (χ1) is 10.1. The molecule has 0 saturated heterocycles. The van der Waals surface area contributed by atoms with Crippen LogP contribution in [0.4, 0.5) is 0 Å². The van der Waals surface area contributed by atoms with E-state index in [4.69, 9.17) is 9.47 Å². The average molecular weight is 396 g/mol. The molecular weight excluding hydrogens is 383 g/mol. The van der Waals surface area contributed by atoms with Gasteiger partial charge in [0.05, 0.1) is 12.7 Å². The van der Waals surface area contributed by atoms with Gasteiger partial charge in [0.2, 0.25) is 6.10 Å². The molecule has 0 fully saturated rings. The Labute approximate surface area is 136 Å². The Hall–Kier alpha value is -1.89. The maximum Gasteiger partial charge on any atom is 0.351 e. The van der Waals surface area contributed by atoms with Crippen molar-refractivity contribution in [3.63, 3.8) is 0 Å². The third-order valence-corrected chi connectivity index (χ3v) is 3.78. The monoisotopic (exact) mass is 396 g/mol. The molecule has 0 heterocycles. The molecule has 0 N–H and O–H groups in total. The molecule has 21 heavy (non-hydrogen) atoms. The van der Waals surface area contributed by atoms with E-state index < -0.39 is 18.0 Å². The third-order valence-electron chi connectivity index (χ3n) is 2.84. The van der Waals surface area contributed by atoms with Gasteiger partial charge in [0, 0.05) is 9.13 Å². The molecule has 2 rings (SSSR count). The molecule has 5 heteroatoms. The van der Waals surface area contributed by atoms with E-state index in [-0.39, 0.29) is 0 Å². The van der Waals surface area contributed by atoms with Gasteiger partial charge in [0.25, 0.3) is 0 Å². The van der Waals surface area contributed by atoms with E-state index in [9.17, 15) is 9.59 Å². The van der Waals surface area contributed by atoms with Crippen molar-refractivity contribution >= 4 is 34.5 Å². The largest absolute Gasteiger partial charge is 0.466 e. The van der Waals surface area contributed by atoms with Crippen molar-refractivity contribution < 1.29 is 19.1 Å². The zero-order valence-electron chi connectivity index (χ0n) is 11.3. The van der Waals surface area contributed by atoms with E-state index >= 15 is 0 Å². The summed E-state index contributed by atoms with van der Waals surface area (Å²) in [6.45, 7) is 0. The van der Waals surface area contributed by atoms with Crippen LogP contribution in [-0.4, -0.2) is 19.0 Å². The van der Waals surface area contributed by atoms with E-state index in [1.54, 1.807) is 42.5 Å². The minimum atomic E-state index is -1.07. The molecule has 0 spiro atoms. The van der Waals surface area contributed by atoms with Crippen LogP contribution in [0.1, 0.15) is 22.0 Å². The van der Waals surface area contributed by atoms with E-state index in [1.165, 1.54) is 7.11 Å². The smallest absolute Gasteiger partial charge is 0.351 e. The summed E-state index contributed by atoms with van der Waals surface area (Å²) in [7, 11) is 1.26. The number of rotatable bonds is 4. The molecule has 0 aromatic heterocycles. The van der Waals surface area contributed by atoms with Crippen molar-refractivity contribution in [1.29, 1.82) is 0 Å². The first kappa shape index (κ1) is 15.5. The van der Waals surface area contributed by atoms with Crippen LogP contribution >= 0.6 is 22.6 Å². The van der Waals surface area contributed by atoms with Crippen molar-refractivity contribution in [2.75, 3.05) is 7.11 Å². The molecule has 108 valence electrons. The number of methoxy groups -OCH3 is 1. The fourth-order valence-electron chi connectivity index (χ4n) is 1.78. The van der Waals surface area contributed by atoms with Crippen LogP contribution < -0.4 is 0 Å². The Morgan fingerprint density at radius 1 is 1.00 bits per heavy atom. The number of esters is 2. The predicted octanol–water partition coefficient (Wildman–Crippen LogP) is 3.36. The Morgan fingerprint density at radius 2 is 1.62 bits per heavy atom. The quantitative estimate of drug-likeness (QED) is 0.588. The number of carbonyl (C=O) groups is 2. The lowest BCUT2D eigenvalue weighted by Gasteiger charge is -2.16. The lowest BCUT2D eigenvalue weighted by molar-refractivity contribution is -0.151. The van der Waals surface area contributed by atoms with Gasteiger partial charge in [-0.15, -0.1) is 0 Å². The molecule has 2 aromatic rings. The molecule has 0 aliphatic rings. The van der Waals surface area contributed by atoms with E-state index in [0.717, 1.165) is 3.57 Å². The normalized spacial score (nSPS) is 11.5. The van der Waals surface area contributed by atoms with Crippen LogP contribution in [0.5, 0.6) is 0 Å². The van der Waals surface area contributed by atoms with Gasteiger partial charge in [-0.25, -0.2) is 9.59 Å². The molecular formula is C16H13IO4. The predicted molar refractivity (Wildman–Crippen MR) is 85.8 cm³/mol. The van der Waals surface area contributed by atoms with Crippen LogP contribution in [0.3, 0.4) is 0 Å². The number of hydrogen-bond donors (Lipinski definition) is 0. The van der Waals surface area contributed by atoms with E-state index in [2.05, 4.69) is 0 Å². The van der Waals surface area contributed by atoms with E-state index in [1.807, 2.05) is 34.7 Å².